The second-order valence-electron chi connectivity index (χ2n) is 8.96. The number of amides is 1. The number of halogens is 3. The monoisotopic (exact) mass is 494 g/mol. The van der Waals surface area contributed by atoms with Crippen LogP contribution in [0.5, 0.6) is 0 Å². The van der Waals surface area contributed by atoms with Crippen LogP contribution in [0, 0.1) is 0 Å². The van der Waals surface area contributed by atoms with Crippen molar-refractivity contribution in [2.75, 3.05) is 11.1 Å². The highest BCUT2D eigenvalue weighted by atomic mass is 19.4. The average molecular weight is 495 g/mol. The van der Waals surface area contributed by atoms with E-state index in [9.17, 15) is 18.0 Å². The fourth-order valence-electron chi connectivity index (χ4n) is 4.43. The van der Waals surface area contributed by atoms with Gasteiger partial charge < -0.3 is 15.0 Å². The molecule has 9 heteroatoms. The summed E-state index contributed by atoms with van der Waals surface area (Å²) in [5.41, 5.74) is 12.3. The average Bonchev–Trinajstić information content (AvgIpc) is 3.10. The molecule has 1 aliphatic carbocycles. The van der Waals surface area contributed by atoms with Gasteiger partial charge >= 0.3 is 12.3 Å². The molecule has 1 fully saturated rings. The number of nitrogen functional groups attached to an aromatic ring is 1. The highest BCUT2D eigenvalue weighted by Crippen LogP contribution is 2.45. The lowest BCUT2D eigenvalue weighted by Crippen LogP contribution is -2.32. The SMILES string of the molecule is C[C@@H](OC(=O)Nc1ccc(-c2c(N)c3ccc(-c4ccccn4)cc3n2C2CCC2)cc1)C(F)(F)F. The van der Waals surface area contributed by atoms with E-state index in [1.165, 1.54) is 0 Å². The second-order valence-corrected chi connectivity index (χ2v) is 8.96. The molecule has 2 aromatic carbocycles. The quantitative estimate of drug-likeness (QED) is 0.308. The molecular formula is C27H25F3N4O2. The van der Waals surface area contributed by atoms with Crippen LogP contribution in [0.1, 0.15) is 32.2 Å². The van der Waals surface area contributed by atoms with Crippen molar-refractivity contribution in [3.05, 3.63) is 66.9 Å². The summed E-state index contributed by atoms with van der Waals surface area (Å²) in [4.78, 5) is 16.3. The largest absolute Gasteiger partial charge is 0.437 e. The van der Waals surface area contributed by atoms with Gasteiger partial charge in [0.1, 0.15) is 0 Å². The third kappa shape index (κ3) is 4.48. The van der Waals surface area contributed by atoms with Gasteiger partial charge in [0, 0.05) is 34.4 Å². The molecule has 1 aliphatic rings. The van der Waals surface area contributed by atoms with Crippen LogP contribution in [0.25, 0.3) is 33.4 Å². The molecule has 0 bridgehead atoms. The Morgan fingerprint density at radius 1 is 1.11 bits per heavy atom. The molecule has 0 radical (unpaired) electrons. The van der Waals surface area contributed by atoms with Gasteiger partial charge in [-0.2, -0.15) is 13.2 Å². The Labute approximate surface area is 205 Å². The zero-order valence-electron chi connectivity index (χ0n) is 19.5. The van der Waals surface area contributed by atoms with E-state index >= 15 is 0 Å². The van der Waals surface area contributed by atoms with E-state index in [0.29, 0.717) is 17.4 Å². The van der Waals surface area contributed by atoms with E-state index in [1.54, 1.807) is 30.5 Å². The Hall–Kier alpha value is -4.01. The summed E-state index contributed by atoms with van der Waals surface area (Å²) in [5.74, 6) is 0. The van der Waals surface area contributed by atoms with Crippen molar-refractivity contribution in [3.8, 4) is 22.5 Å². The standard InChI is InChI=1S/C27H25F3N4O2/c1-16(27(28,29)30)36-26(35)33-19-11-8-17(9-12-19)25-24(31)21-13-10-18(22-7-2-3-14-32-22)15-23(21)34(25)20-5-4-6-20/h2-3,7-16,20H,4-6,31H2,1H3,(H,33,35)/t16-/m1/s1. The Balaban J connectivity index is 1.48. The number of anilines is 2. The Morgan fingerprint density at radius 3 is 2.44 bits per heavy atom. The molecule has 3 N–H and O–H groups in total. The second kappa shape index (κ2) is 9.22. The smallest absolute Gasteiger partial charge is 0.425 e. The first kappa shape index (κ1) is 23.7. The van der Waals surface area contributed by atoms with Crippen LogP contribution in [-0.2, 0) is 4.74 Å². The lowest BCUT2D eigenvalue weighted by molar-refractivity contribution is -0.196. The van der Waals surface area contributed by atoms with Gasteiger partial charge in [0.15, 0.2) is 6.10 Å². The minimum absolute atomic E-state index is 0.315. The maximum absolute atomic E-state index is 12.7. The number of pyridine rings is 1. The van der Waals surface area contributed by atoms with Crippen molar-refractivity contribution >= 4 is 28.4 Å². The molecule has 5 rings (SSSR count). The lowest BCUT2D eigenvalue weighted by atomic mass is 9.92. The summed E-state index contributed by atoms with van der Waals surface area (Å²) in [6.45, 7) is 0.782. The molecule has 0 saturated heterocycles. The predicted octanol–water partition coefficient (Wildman–Crippen LogP) is 7.18. The molecule has 1 saturated carbocycles. The molecule has 186 valence electrons. The number of carbonyl (C=O) groups excluding carboxylic acids is 1. The number of fused-ring (bicyclic) bond motifs is 1. The number of aromatic nitrogens is 2. The van der Waals surface area contributed by atoms with E-state index in [4.69, 9.17) is 5.73 Å². The maximum atomic E-state index is 12.7. The van der Waals surface area contributed by atoms with Crippen LogP contribution >= 0.6 is 0 Å². The van der Waals surface area contributed by atoms with Crippen molar-refractivity contribution < 1.29 is 22.7 Å². The Bertz CT molecular complexity index is 1390. The normalized spacial score (nSPS) is 14.9. The number of nitrogens with one attached hydrogen (secondary N) is 1. The summed E-state index contributed by atoms with van der Waals surface area (Å²) in [7, 11) is 0. The van der Waals surface area contributed by atoms with Crippen LogP contribution in [0.4, 0.5) is 29.3 Å². The molecule has 2 heterocycles. The van der Waals surface area contributed by atoms with Crippen LogP contribution in [0.15, 0.2) is 66.9 Å². The summed E-state index contributed by atoms with van der Waals surface area (Å²) in [6.07, 6.45) is -2.99. The van der Waals surface area contributed by atoms with E-state index in [-0.39, 0.29) is 0 Å². The van der Waals surface area contributed by atoms with Crippen molar-refractivity contribution in [2.24, 2.45) is 0 Å². The molecule has 4 aromatic rings. The number of nitrogens with two attached hydrogens (primary N) is 1. The van der Waals surface area contributed by atoms with Gasteiger partial charge in [-0.1, -0.05) is 30.3 Å². The summed E-state index contributed by atoms with van der Waals surface area (Å²) < 4.78 is 44.6. The zero-order chi connectivity index (χ0) is 25.4. The molecule has 1 amide bonds. The number of carbonyl (C=O) groups is 1. The number of nitrogens with zero attached hydrogens (tertiary/aromatic N) is 2. The van der Waals surface area contributed by atoms with Crippen molar-refractivity contribution in [2.45, 2.75) is 44.5 Å². The van der Waals surface area contributed by atoms with Gasteiger partial charge in [0.25, 0.3) is 0 Å². The van der Waals surface area contributed by atoms with E-state index < -0.39 is 18.4 Å². The van der Waals surface area contributed by atoms with Crippen LogP contribution in [-0.4, -0.2) is 27.9 Å². The topological polar surface area (TPSA) is 82.2 Å². The first-order chi connectivity index (χ1) is 17.2. The Kier molecular flexibility index (Phi) is 6.07. The number of hydrogen-bond acceptors (Lipinski definition) is 4. The number of benzene rings is 2. The zero-order valence-corrected chi connectivity index (χ0v) is 19.5. The Morgan fingerprint density at radius 2 is 1.83 bits per heavy atom. The van der Waals surface area contributed by atoms with Crippen LogP contribution in [0.2, 0.25) is 0 Å². The van der Waals surface area contributed by atoms with Crippen molar-refractivity contribution in [1.82, 2.24) is 9.55 Å². The molecule has 2 aromatic heterocycles. The summed E-state index contributed by atoms with van der Waals surface area (Å²) in [6, 6.07) is 19.1. The van der Waals surface area contributed by atoms with E-state index in [0.717, 1.165) is 59.6 Å². The number of rotatable bonds is 5. The van der Waals surface area contributed by atoms with Gasteiger partial charge in [0.05, 0.1) is 22.6 Å². The molecule has 36 heavy (non-hydrogen) atoms. The van der Waals surface area contributed by atoms with Gasteiger partial charge in [-0.3, -0.25) is 10.3 Å². The highest BCUT2D eigenvalue weighted by Gasteiger charge is 2.39. The minimum Gasteiger partial charge on any atom is -0.437 e. The highest BCUT2D eigenvalue weighted by molar-refractivity contribution is 6.02. The third-order valence-electron chi connectivity index (χ3n) is 6.59. The van der Waals surface area contributed by atoms with Crippen molar-refractivity contribution in [3.63, 3.8) is 0 Å². The van der Waals surface area contributed by atoms with Gasteiger partial charge in [-0.05, 0) is 56.5 Å². The molecule has 1 atom stereocenters. The first-order valence-corrected chi connectivity index (χ1v) is 11.7. The van der Waals surface area contributed by atoms with Crippen LogP contribution < -0.4 is 11.1 Å². The molecule has 0 unspecified atom stereocenters. The molecular weight excluding hydrogens is 469 g/mol. The van der Waals surface area contributed by atoms with Crippen LogP contribution in [0.3, 0.4) is 0 Å². The minimum atomic E-state index is -4.62. The van der Waals surface area contributed by atoms with E-state index in [1.807, 2.05) is 30.3 Å². The molecule has 6 nitrogen and oxygen atoms in total. The molecule has 0 spiro atoms. The van der Waals surface area contributed by atoms with Gasteiger partial charge in [-0.15, -0.1) is 0 Å². The van der Waals surface area contributed by atoms with E-state index in [2.05, 4.69) is 25.7 Å². The fraction of sp³-hybridized carbons (Fsp3) is 0.259. The summed E-state index contributed by atoms with van der Waals surface area (Å²) >= 11 is 0. The number of ether oxygens (including phenoxy) is 1. The molecule has 0 aliphatic heterocycles. The predicted molar refractivity (Wildman–Crippen MR) is 134 cm³/mol. The fourth-order valence-corrected chi connectivity index (χ4v) is 4.43. The van der Waals surface area contributed by atoms with Crippen molar-refractivity contribution in [1.29, 1.82) is 0 Å². The summed E-state index contributed by atoms with van der Waals surface area (Å²) in [5, 5.41) is 3.29. The third-order valence-corrected chi connectivity index (χ3v) is 6.59. The number of hydrogen-bond donors (Lipinski definition) is 2. The van der Waals surface area contributed by atoms with Gasteiger partial charge in [-0.25, -0.2) is 4.79 Å². The maximum Gasteiger partial charge on any atom is 0.425 e. The lowest BCUT2D eigenvalue weighted by Gasteiger charge is -2.30. The van der Waals surface area contributed by atoms with Gasteiger partial charge in [0.2, 0.25) is 0 Å². The first-order valence-electron chi connectivity index (χ1n) is 11.7. The number of alkyl halides is 3.